The summed E-state index contributed by atoms with van der Waals surface area (Å²) in [5, 5.41) is 0.450. The lowest BCUT2D eigenvalue weighted by atomic mass is 9.93. The highest BCUT2D eigenvalue weighted by molar-refractivity contribution is 9.11. The summed E-state index contributed by atoms with van der Waals surface area (Å²) in [5.74, 6) is 0.590. The average Bonchev–Trinajstić information content (AvgIpc) is 3.20. The maximum Gasteiger partial charge on any atom is 0.338 e. The summed E-state index contributed by atoms with van der Waals surface area (Å²) in [4.78, 5) is 32.8. The quantitative estimate of drug-likeness (QED) is 0.250. The van der Waals surface area contributed by atoms with Gasteiger partial charge in [0, 0.05) is 20.6 Å². The number of rotatable bonds is 9. The molecule has 0 saturated carbocycles. The zero-order valence-electron chi connectivity index (χ0n) is 21.8. The number of methoxy groups -OCH3 is 1. The highest BCUT2D eigenvalue weighted by atomic mass is 79.9. The molecule has 0 unspecified atom stereocenters. The van der Waals surface area contributed by atoms with Crippen molar-refractivity contribution in [2.24, 2.45) is 4.99 Å². The highest BCUT2D eigenvalue weighted by Gasteiger charge is 2.36. The third-order valence-electron chi connectivity index (χ3n) is 5.99. The third kappa shape index (κ3) is 6.04. The topological polar surface area (TPSA) is 79.1 Å². The molecule has 0 bridgehead atoms. The molecular formula is C28H27Br2ClN2O5S. The first-order chi connectivity index (χ1) is 18.7. The van der Waals surface area contributed by atoms with Gasteiger partial charge in [-0.05, 0) is 72.6 Å². The number of hydrogen-bond acceptors (Lipinski definition) is 7. The molecule has 206 valence electrons. The molecular weight excluding hydrogens is 672 g/mol. The van der Waals surface area contributed by atoms with Crippen molar-refractivity contribution in [2.45, 2.75) is 39.7 Å². The lowest BCUT2D eigenvalue weighted by Crippen LogP contribution is -2.40. The van der Waals surface area contributed by atoms with Crippen molar-refractivity contribution in [2.75, 3.05) is 20.3 Å². The number of aromatic nitrogens is 1. The molecule has 7 nitrogen and oxygen atoms in total. The number of carbonyl (C=O) groups is 1. The van der Waals surface area contributed by atoms with Crippen LogP contribution < -0.4 is 24.4 Å². The van der Waals surface area contributed by atoms with Gasteiger partial charge in [-0.3, -0.25) is 9.36 Å². The normalized spacial score (nSPS) is 15.2. The predicted octanol–water partition coefficient (Wildman–Crippen LogP) is 6.16. The van der Waals surface area contributed by atoms with E-state index < -0.39 is 12.0 Å². The molecule has 39 heavy (non-hydrogen) atoms. The Bertz CT molecular complexity index is 1630. The van der Waals surface area contributed by atoms with Crippen molar-refractivity contribution in [3.05, 3.63) is 86.4 Å². The molecule has 1 atom stereocenters. The van der Waals surface area contributed by atoms with E-state index in [-0.39, 0.29) is 12.2 Å². The van der Waals surface area contributed by atoms with Gasteiger partial charge in [0.2, 0.25) is 0 Å². The number of allylic oxidation sites excluding steroid dienone is 1. The van der Waals surface area contributed by atoms with Crippen LogP contribution in [-0.4, -0.2) is 30.9 Å². The van der Waals surface area contributed by atoms with Crippen molar-refractivity contribution in [1.82, 2.24) is 4.57 Å². The van der Waals surface area contributed by atoms with Gasteiger partial charge < -0.3 is 14.2 Å². The number of esters is 1. The van der Waals surface area contributed by atoms with Crippen LogP contribution in [0, 0.1) is 0 Å². The van der Waals surface area contributed by atoms with E-state index in [1.54, 1.807) is 31.2 Å². The van der Waals surface area contributed by atoms with E-state index in [0.717, 1.165) is 20.9 Å². The van der Waals surface area contributed by atoms with Gasteiger partial charge >= 0.3 is 5.97 Å². The Balaban J connectivity index is 2.07. The van der Waals surface area contributed by atoms with Crippen LogP contribution >= 0.6 is 54.8 Å². The maximum atomic E-state index is 14.1. The second kappa shape index (κ2) is 12.8. The third-order valence-corrected chi connectivity index (χ3v) is 8.26. The van der Waals surface area contributed by atoms with Crippen LogP contribution in [0.15, 0.2) is 60.3 Å². The number of thiazole rings is 1. The lowest BCUT2D eigenvalue weighted by Gasteiger charge is -2.27. The molecule has 0 amide bonds. The van der Waals surface area contributed by atoms with E-state index in [9.17, 15) is 9.59 Å². The molecule has 2 aromatic carbocycles. The summed E-state index contributed by atoms with van der Waals surface area (Å²) in [6.45, 7) is 6.30. The second-order valence-electron chi connectivity index (χ2n) is 8.54. The van der Waals surface area contributed by atoms with E-state index in [1.165, 1.54) is 23.0 Å². The zero-order chi connectivity index (χ0) is 28.3. The van der Waals surface area contributed by atoms with Gasteiger partial charge in [-0.2, -0.15) is 0 Å². The summed E-state index contributed by atoms with van der Waals surface area (Å²) in [7, 11) is 1.54. The number of hydrogen-bond donors (Lipinski definition) is 0. The minimum Gasteiger partial charge on any atom is -0.496 e. The molecule has 11 heteroatoms. The molecule has 0 saturated heterocycles. The predicted molar refractivity (Wildman–Crippen MR) is 161 cm³/mol. The molecule has 1 aromatic heterocycles. The zero-order valence-corrected chi connectivity index (χ0v) is 26.6. The Kier molecular flexibility index (Phi) is 9.74. The molecule has 2 heterocycles. The molecule has 0 spiro atoms. The highest BCUT2D eigenvalue weighted by Crippen LogP contribution is 2.38. The number of carbonyl (C=O) groups excluding carboxylic acids is 1. The van der Waals surface area contributed by atoms with Crippen LogP contribution in [0.5, 0.6) is 11.5 Å². The van der Waals surface area contributed by atoms with Crippen LogP contribution in [0.3, 0.4) is 0 Å². The number of fused-ring (bicyclic) bond motifs is 1. The first-order valence-corrected chi connectivity index (χ1v) is 15.2. The SMILES string of the molecule is CCCC1=C(C(=O)OCC)[C@H](c2cc(Cl)ccc2OC)n2c(s/c(=C/c3cc(Br)cc(Br)c3OCC)c2=O)=N1. The van der Waals surface area contributed by atoms with Crippen LogP contribution in [-0.2, 0) is 9.53 Å². The van der Waals surface area contributed by atoms with Gasteiger partial charge in [-0.1, -0.05) is 52.2 Å². The van der Waals surface area contributed by atoms with Crippen LogP contribution in [0.25, 0.3) is 6.08 Å². The molecule has 1 aliphatic heterocycles. The Morgan fingerprint density at radius 3 is 2.62 bits per heavy atom. The van der Waals surface area contributed by atoms with Gasteiger partial charge in [0.05, 0.1) is 40.6 Å². The molecule has 3 aromatic rings. The second-order valence-corrected chi connectivity index (χ2v) is 11.8. The molecule has 4 rings (SSSR count). The number of ether oxygens (including phenoxy) is 3. The largest absolute Gasteiger partial charge is 0.496 e. The summed E-state index contributed by atoms with van der Waals surface area (Å²) in [6.07, 6.45) is 3.06. The first-order valence-electron chi connectivity index (χ1n) is 12.4. The number of benzene rings is 2. The van der Waals surface area contributed by atoms with E-state index >= 15 is 0 Å². The Morgan fingerprint density at radius 2 is 1.95 bits per heavy atom. The fraction of sp³-hybridized carbons (Fsp3) is 0.321. The van der Waals surface area contributed by atoms with Crippen molar-refractivity contribution in [3.63, 3.8) is 0 Å². The maximum absolute atomic E-state index is 14.1. The minimum absolute atomic E-state index is 0.184. The van der Waals surface area contributed by atoms with Crippen molar-refractivity contribution in [3.8, 4) is 11.5 Å². The summed E-state index contributed by atoms with van der Waals surface area (Å²) in [5.41, 5.74) is 1.87. The first kappa shape index (κ1) is 29.6. The van der Waals surface area contributed by atoms with E-state index in [2.05, 4.69) is 31.9 Å². The standard InChI is InChI=1S/C28H27Br2ClN2O5S/c1-5-8-20-23(27(35)38-7-3)24(18-14-17(31)9-10-21(18)36-4)33-26(34)22(39-28(33)32-20)12-15-11-16(29)13-19(30)25(15)37-6-2/h9-14,24H,5-8H2,1-4H3/b22-12+/t24-/m0/s1. The molecule has 0 N–H and O–H groups in total. The fourth-order valence-electron chi connectivity index (χ4n) is 4.46. The van der Waals surface area contributed by atoms with E-state index in [4.69, 9.17) is 30.8 Å². The Labute approximate surface area is 252 Å². The van der Waals surface area contributed by atoms with Gasteiger partial charge in [0.15, 0.2) is 4.80 Å². The van der Waals surface area contributed by atoms with Crippen LogP contribution in [0.1, 0.15) is 50.8 Å². The molecule has 1 aliphatic rings. The van der Waals surface area contributed by atoms with Crippen LogP contribution in [0.4, 0.5) is 0 Å². The fourth-order valence-corrected chi connectivity index (χ4v) is 7.02. The van der Waals surface area contributed by atoms with Crippen molar-refractivity contribution >= 4 is 66.8 Å². The molecule has 0 radical (unpaired) electrons. The monoisotopic (exact) mass is 696 g/mol. The molecule has 0 aliphatic carbocycles. The summed E-state index contributed by atoms with van der Waals surface area (Å²) >= 11 is 14.7. The lowest BCUT2D eigenvalue weighted by molar-refractivity contribution is -0.139. The van der Waals surface area contributed by atoms with Crippen molar-refractivity contribution < 1.29 is 19.0 Å². The Morgan fingerprint density at radius 1 is 1.18 bits per heavy atom. The van der Waals surface area contributed by atoms with Gasteiger partial charge in [0.1, 0.15) is 17.5 Å². The van der Waals surface area contributed by atoms with Crippen LogP contribution in [0.2, 0.25) is 5.02 Å². The summed E-state index contributed by atoms with van der Waals surface area (Å²) in [6, 6.07) is 8.08. The Hall–Kier alpha value is -2.40. The van der Waals surface area contributed by atoms with Gasteiger partial charge in [-0.15, -0.1) is 0 Å². The van der Waals surface area contributed by atoms with E-state index in [1.807, 2.05) is 26.0 Å². The minimum atomic E-state index is -0.835. The summed E-state index contributed by atoms with van der Waals surface area (Å²) < 4.78 is 20.5. The number of halogens is 3. The molecule has 0 fully saturated rings. The van der Waals surface area contributed by atoms with E-state index in [0.29, 0.717) is 55.7 Å². The van der Waals surface area contributed by atoms with Crippen molar-refractivity contribution in [1.29, 1.82) is 0 Å². The average molecular weight is 699 g/mol. The number of nitrogens with zero attached hydrogens (tertiary/aromatic N) is 2. The van der Waals surface area contributed by atoms with Gasteiger partial charge in [0.25, 0.3) is 5.56 Å². The smallest absolute Gasteiger partial charge is 0.338 e. The van der Waals surface area contributed by atoms with Gasteiger partial charge in [-0.25, -0.2) is 9.79 Å².